The van der Waals surface area contributed by atoms with E-state index in [0.29, 0.717) is 11.0 Å². The van der Waals surface area contributed by atoms with E-state index in [1.165, 1.54) is 0 Å². The Morgan fingerprint density at radius 3 is 2.83 bits per heavy atom. The maximum Gasteiger partial charge on any atom is 0.171 e. The maximum atomic E-state index is 6.26. The van der Waals surface area contributed by atoms with Crippen LogP contribution in [0.2, 0.25) is 5.15 Å². The van der Waals surface area contributed by atoms with Crippen molar-refractivity contribution in [1.82, 2.24) is 9.97 Å². The summed E-state index contributed by atoms with van der Waals surface area (Å²) in [5, 5.41) is 3.38. The number of rotatable bonds is 1. The third kappa shape index (κ3) is 2.05. The number of thiophene rings is 1. The van der Waals surface area contributed by atoms with Crippen molar-refractivity contribution in [1.29, 1.82) is 0 Å². The summed E-state index contributed by atoms with van der Waals surface area (Å²) in [6.45, 7) is 2.02. The van der Waals surface area contributed by atoms with Crippen LogP contribution in [-0.4, -0.2) is 9.97 Å². The first-order valence-corrected chi connectivity index (χ1v) is 7.37. The van der Waals surface area contributed by atoms with Gasteiger partial charge in [0.15, 0.2) is 5.82 Å². The van der Waals surface area contributed by atoms with Crippen LogP contribution < -0.4 is 0 Å². The molecular formula is C13H8BrClN2S. The van der Waals surface area contributed by atoms with Gasteiger partial charge in [-0.15, -0.1) is 11.3 Å². The van der Waals surface area contributed by atoms with Gasteiger partial charge >= 0.3 is 0 Å². The van der Waals surface area contributed by atoms with Gasteiger partial charge in [-0.3, -0.25) is 0 Å². The van der Waals surface area contributed by atoms with Gasteiger partial charge in [0, 0.05) is 9.86 Å². The van der Waals surface area contributed by atoms with Crippen molar-refractivity contribution in [2.24, 2.45) is 0 Å². The zero-order valence-corrected chi connectivity index (χ0v) is 12.6. The van der Waals surface area contributed by atoms with E-state index in [-0.39, 0.29) is 0 Å². The molecule has 5 heteroatoms. The monoisotopic (exact) mass is 338 g/mol. The zero-order chi connectivity index (χ0) is 12.7. The van der Waals surface area contributed by atoms with Crippen LogP contribution in [0.4, 0.5) is 0 Å². The minimum atomic E-state index is 0.493. The molecule has 0 radical (unpaired) electrons. The van der Waals surface area contributed by atoms with E-state index in [4.69, 9.17) is 11.6 Å². The number of benzene rings is 1. The third-order valence-corrected chi connectivity index (χ3v) is 4.26. The van der Waals surface area contributed by atoms with Gasteiger partial charge in [0.05, 0.1) is 10.4 Å². The molecule has 0 aliphatic heterocycles. The molecule has 0 saturated carbocycles. The second-order valence-corrected chi connectivity index (χ2v) is 6.16. The fourth-order valence-corrected chi connectivity index (χ4v) is 3.30. The molecule has 0 saturated heterocycles. The zero-order valence-electron chi connectivity index (χ0n) is 9.45. The summed E-state index contributed by atoms with van der Waals surface area (Å²) < 4.78 is 0.988. The number of aromatic nitrogens is 2. The van der Waals surface area contributed by atoms with Crippen LogP contribution in [0.25, 0.3) is 21.6 Å². The average molecular weight is 340 g/mol. The molecule has 0 fully saturated rings. The van der Waals surface area contributed by atoms with Gasteiger partial charge in [0.2, 0.25) is 0 Å². The molecule has 0 atom stereocenters. The Morgan fingerprint density at radius 2 is 2.11 bits per heavy atom. The predicted molar refractivity (Wildman–Crippen MR) is 80.3 cm³/mol. The van der Waals surface area contributed by atoms with Crippen molar-refractivity contribution >= 4 is 49.8 Å². The van der Waals surface area contributed by atoms with Gasteiger partial charge in [0.25, 0.3) is 0 Å². The van der Waals surface area contributed by atoms with E-state index in [0.717, 1.165) is 25.8 Å². The second kappa shape index (κ2) is 4.61. The molecule has 2 aromatic heterocycles. The Hall–Kier alpha value is -0.970. The number of hydrogen-bond acceptors (Lipinski definition) is 3. The number of fused-ring (bicyclic) bond motifs is 1. The molecule has 90 valence electrons. The van der Waals surface area contributed by atoms with Crippen molar-refractivity contribution in [3.63, 3.8) is 0 Å². The lowest BCUT2D eigenvalue weighted by Gasteiger charge is -2.06. The summed E-state index contributed by atoms with van der Waals surface area (Å²) in [5.74, 6) is 0.688. The topological polar surface area (TPSA) is 25.8 Å². The number of aryl methyl sites for hydroxylation is 1. The Kier molecular flexibility index (Phi) is 3.09. The summed E-state index contributed by atoms with van der Waals surface area (Å²) >= 11 is 11.3. The van der Waals surface area contributed by atoms with Gasteiger partial charge in [-0.05, 0) is 36.1 Å². The molecule has 2 nitrogen and oxygen atoms in total. The molecule has 2 heterocycles. The normalized spacial score (nSPS) is 11.1. The minimum absolute atomic E-state index is 0.493. The summed E-state index contributed by atoms with van der Waals surface area (Å²) in [4.78, 5) is 10.0. The molecule has 3 aromatic rings. The van der Waals surface area contributed by atoms with Gasteiger partial charge in [-0.25, -0.2) is 9.97 Å². The van der Waals surface area contributed by atoms with Crippen LogP contribution in [-0.2, 0) is 0 Å². The number of halogens is 2. The largest absolute Gasteiger partial charge is 0.227 e. The first-order chi connectivity index (χ1) is 8.65. The molecule has 1 aromatic carbocycles. The lowest BCUT2D eigenvalue weighted by atomic mass is 10.1. The highest BCUT2D eigenvalue weighted by molar-refractivity contribution is 9.10. The predicted octanol–water partition coefficient (Wildman–Crippen LogP) is 5.08. The first kappa shape index (κ1) is 12.1. The Morgan fingerprint density at radius 1 is 1.28 bits per heavy atom. The highest BCUT2D eigenvalue weighted by atomic mass is 79.9. The van der Waals surface area contributed by atoms with E-state index in [1.54, 1.807) is 11.3 Å². The van der Waals surface area contributed by atoms with Crippen LogP contribution in [0.1, 0.15) is 5.56 Å². The molecular weight excluding hydrogens is 332 g/mol. The van der Waals surface area contributed by atoms with E-state index in [2.05, 4.69) is 25.9 Å². The Bertz CT molecular complexity index is 725. The van der Waals surface area contributed by atoms with Crippen molar-refractivity contribution in [2.75, 3.05) is 0 Å². The van der Waals surface area contributed by atoms with Crippen LogP contribution in [0, 0.1) is 6.92 Å². The molecule has 18 heavy (non-hydrogen) atoms. The third-order valence-electron chi connectivity index (χ3n) is 2.65. The highest BCUT2D eigenvalue weighted by Crippen LogP contribution is 2.30. The van der Waals surface area contributed by atoms with Gasteiger partial charge in [-0.1, -0.05) is 33.6 Å². The average Bonchev–Trinajstić information content (AvgIpc) is 2.83. The standard InChI is InChI=1S/C13H8BrClN2S/c1-7-5-8(14)6-9-11(7)16-13(17-12(9)15)10-3-2-4-18-10/h2-6H,1H3. The van der Waals surface area contributed by atoms with E-state index < -0.39 is 0 Å². The van der Waals surface area contributed by atoms with Crippen LogP contribution >= 0.6 is 38.9 Å². The van der Waals surface area contributed by atoms with Crippen molar-refractivity contribution in [2.45, 2.75) is 6.92 Å². The minimum Gasteiger partial charge on any atom is -0.227 e. The first-order valence-electron chi connectivity index (χ1n) is 5.32. The lowest BCUT2D eigenvalue weighted by molar-refractivity contribution is 1.23. The maximum absolute atomic E-state index is 6.26. The van der Waals surface area contributed by atoms with Crippen LogP contribution in [0.5, 0.6) is 0 Å². The molecule has 3 rings (SSSR count). The number of hydrogen-bond donors (Lipinski definition) is 0. The van der Waals surface area contributed by atoms with E-state index >= 15 is 0 Å². The van der Waals surface area contributed by atoms with Crippen LogP contribution in [0.3, 0.4) is 0 Å². The smallest absolute Gasteiger partial charge is 0.171 e. The fourth-order valence-electron chi connectivity index (χ4n) is 1.84. The Balaban J connectivity index is 2.34. The molecule has 0 amide bonds. The molecule has 0 aliphatic rings. The number of nitrogens with zero attached hydrogens (tertiary/aromatic N) is 2. The molecule has 0 aliphatic carbocycles. The van der Waals surface area contributed by atoms with E-state index in [9.17, 15) is 0 Å². The Labute approximate surface area is 122 Å². The SMILES string of the molecule is Cc1cc(Br)cc2c(Cl)nc(-c3cccs3)nc12. The summed E-state index contributed by atoms with van der Waals surface area (Å²) in [6, 6.07) is 7.96. The van der Waals surface area contributed by atoms with Gasteiger partial charge in [-0.2, -0.15) is 0 Å². The van der Waals surface area contributed by atoms with Gasteiger partial charge < -0.3 is 0 Å². The second-order valence-electron chi connectivity index (χ2n) is 3.93. The van der Waals surface area contributed by atoms with Crippen molar-refractivity contribution < 1.29 is 0 Å². The molecule has 0 unspecified atom stereocenters. The summed E-state index contributed by atoms with van der Waals surface area (Å²) in [6.07, 6.45) is 0. The summed E-state index contributed by atoms with van der Waals surface area (Å²) in [5.41, 5.74) is 1.99. The fraction of sp³-hybridized carbons (Fsp3) is 0.0769. The quantitative estimate of drug-likeness (QED) is 0.578. The van der Waals surface area contributed by atoms with Gasteiger partial charge in [0.1, 0.15) is 5.15 Å². The lowest BCUT2D eigenvalue weighted by Crippen LogP contribution is -1.92. The van der Waals surface area contributed by atoms with Crippen LogP contribution in [0.15, 0.2) is 34.1 Å². The summed E-state index contributed by atoms with van der Waals surface area (Å²) in [7, 11) is 0. The highest BCUT2D eigenvalue weighted by Gasteiger charge is 2.11. The molecule has 0 spiro atoms. The molecule has 0 bridgehead atoms. The van der Waals surface area contributed by atoms with Crippen molar-refractivity contribution in [3.8, 4) is 10.7 Å². The van der Waals surface area contributed by atoms with E-state index in [1.807, 2.05) is 36.6 Å². The van der Waals surface area contributed by atoms with Crippen molar-refractivity contribution in [3.05, 3.63) is 44.8 Å². The molecule has 0 N–H and O–H groups in total.